The second-order valence-corrected chi connectivity index (χ2v) is 7.02. The van der Waals surface area contributed by atoms with Crippen molar-refractivity contribution in [1.82, 2.24) is 14.8 Å². The Hall–Kier alpha value is -2.29. The van der Waals surface area contributed by atoms with Gasteiger partial charge in [-0.3, -0.25) is 4.57 Å². The number of aromatic nitrogens is 3. The minimum absolute atomic E-state index is 0.193. The van der Waals surface area contributed by atoms with Crippen molar-refractivity contribution in [1.29, 1.82) is 5.26 Å². The quantitative estimate of drug-likeness (QED) is 0.626. The first-order chi connectivity index (χ1) is 11.7. The summed E-state index contributed by atoms with van der Waals surface area (Å²) in [5, 5.41) is 18.9. The van der Waals surface area contributed by atoms with E-state index >= 15 is 0 Å². The smallest absolute Gasteiger partial charge is 0.193 e. The van der Waals surface area contributed by atoms with E-state index < -0.39 is 0 Å². The first-order valence-corrected chi connectivity index (χ1v) is 8.72. The maximum atomic E-state index is 9.09. The van der Waals surface area contributed by atoms with Gasteiger partial charge in [-0.05, 0) is 36.8 Å². The van der Waals surface area contributed by atoms with Crippen molar-refractivity contribution in [3.8, 4) is 17.5 Å². The number of nitriles is 1. The number of benzene rings is 2. The zero-order valence-corrected chi connectivity index (χ0v) is 14.6. The molecule has 6 heteroatoms. The molecule has 0 aliphatic heterocycles. The van der Waals surface area contributed by atoms with Crippen molar-refractivity contribution in [2.75, 3.05) is 0 Å². The average Bonchev–Trinajstić information content (AvgIpc) is 2.99. The molecule has 0 radical (unpaired) electrons. The van der Waals surface area contributed by atoms with Crippen LogP contribution in [-0.2, 0) is 6.54 Å². The fourth-order valence-corrected chi connectivity index (χ4v) is 3.14. The summed E-state index contributed by atoms with van der Waals surface area (Å²) in [6.07, 6.45) is 0. The van der Waals surface area contributed by atoms with E-state index in [0.29, 0.717) is 11.6 Å². The highest BCUT2D eigenvalue weighted by Crippen LogP contribution is 2.28. The summed E-state index contributed by atoms with van der Waals surface area (Å²) in [5.74, 6) is 0.767. The lowest BCUT2D eigenvalue weighted by molar-refractivity contribution is 0.714. The number of halogens is 1. The molecule has 0 unspecified atom stereocenters. The molecule has 4 nitrogen and oxygen atoms in total. The third-order valence-corrected chi connectivity index (χ3v) is 4.69. The van der Waals surface area contributed by atoms with Gasteiger partial charge in [-0.1, -0.05) is 53.7 Å². The SMILES string of the molecule is C[C@@H](C#N)Sc1nnc(-c2ccc(Cl)cc2)n1Cc1ccccc1. The van der Waals surface area contributed by atoms with Gasteiger partial charge in [-0.15, -0.1) is 10.2 Å². The lowest BCUT2D eigenvalue weighted by Gasteiger charge is -2.11. The Bertz CT molecular complexity index is 853. The summed E-state index contributed by atoms with van der Waals surface area (Å²) in [7, 11) is 0. The van der Waals surface area contributed by atoms with Crippen LogP contribution >= 0.6 is 23.4 Å². The van der Waals surface area contributed by atoms with Crippen LogP contribution in [0.2, 0.25) is 5.02 Å². The molecule has 3 aromatic rings. The highest BCUT2D eigenvalue weighted by molar-refractivity contribution is 8.00. The molecule has 1 heterocycles. The van der Waals surface area contributed by atoms with Crippen molar-refractivity contribution in [3.63, 3.8) is 0 Å². The molecule has 0 aliphatic rings. The Morgan fingerprint density at radius 2 is 1.83 bits per heavy atom. The van der Waals surface area contributed by atoms with E-state index in [0.717, 1.165) is 22.1 Å². The van der Waals surface area contributed by atoms with Gasteiger partial charge in [0.25, 0.3) is 0 Å². The molecular weight excluding hydrogens is 340 g/mol. The first-order valence-electron chi connectivity index (χ1n) is 7.46. The largest absolute Gasteiger partial charge is 0.298 e. The molecule has 0 N–H and O–H groups in total. The average molecular weight is 355 g/mol. The fourth-order valence-electron chi connectivity index (χ4n) is 2.28. The summed E-state index contributed by atoms with van der Waals surface area (Å²) < 4.78 is 2.04. The Balaban J connectivity index is 2.02. The topological polar surface area (TPSA) is 54.5 Å². The van der Waals surface area contributed by atoms with Gasteiger partial charge in [0.1, 0.15) is 0 Å². The van der Waals surface area contributed by atoms with Crippen molar-refractivity contribution in [2.45, 2.75) is 23.9 Å². The maximum Gasteiger partial charge on any atom is 0.193 e. The van der Waals surface area contributed by atoms with Crippen molar-refractivity contribution in [2.24, 2.45) is 0 Å². The third kappa shape index (κ3) is 3.78. The second-order valence-electron chi connectivity index (χ2n) is 5.27. The molecule has 1 aromatic heterocycles. The molecule has 0 saturated heterocycles. The highest BCUT2D eigenvalue weighted by atomic mass is 35.5. The van der Waals surface area contributed by atoms with Crippen LogP contribution in [0.3, 0.4) is 0 Å². The molecule has 2 aromatic carbocycles. The van der Waals surface area contributed by atoms with Crippen LogP contribution in [0.15, 0.2) is 59.8 Å². The molecule has 24 heavy (non-hydrogen) atoms. The molecular formula is C18H15ClN4S. The molecule has 1 atom stereocenters. The van der Waals surface area contributed by atoms with E-state index in [1.807, 2.05) is 54.0 Å². The molecule has 0 spiro atoms. The van der Waals surface area contributed by atoms with E-state index in [1.165, 1.54) is 11.8 Å². The number of thioether (sulfide) groups is 1. The van der Waals surface area contributed by atoms with Crippen LogP contribution in [0.4, 0.5) is 0 Å². The van der Waals surface area contributed by atoms with Gasteiger partial charge in [0, 0.05) is 10.6 Å². The van der Waals surface area contributed by atoms with Crippen LogP contribution in [0.25, 0.3) is 11.4 Å². The second kappa shape index (κ2) is 7.52. The maximum absolute atomic E-state index is 9.09. The monoisotopic (exact) mass is 354 g/mol. The summed E-state index contributed by atoms with van der Waals surface area (Å²) >= 11 is 7.39. The van der Waals surface area contributed by atoms with Crippen molar-refractivity contribution < 1.29 is 0 Å². The molecule has 3 rings (SSSR count). The normalized spacial score (nSPS) is 11.9. The summed E-state index contributed by atoms with van der Waals surface area (Å²) in [4.78, 5) is 0. The number of hydrogen-bond acceptors (Lipinski definition) is 4. The Morgan fingerprint density at radius 1 is 1.12 bits per heavy atom. The minimum Gasteiger partial charge on any atom is -0.298 e. The Kier molecular flexibility index (Phi) is 5.19. The summed E-state index contributed by atoms with van der Waals surface area (Å²) in [5.41, 5.74) is 2.10. The van der Waals surface area contributed by atoms with Gasteiger partial charge in [0.05, 0.1) is 17.9 Å². The fraction of sp³-hybridized carbons (Fsp3) is 0.167. The van der Waals surface area contributed by atoms with E-state index in [2.05, 4.69) is 28.4 Å². The molecule has 0 aliphatic carbocycles. The van der Waals surface area contributed by atoms with Gasteiger partial charge in [-0.2, -0.15) is 5.26 Å². The molecule has 0 fully saturated rings. The lowest BCUT2D eigenvalue weighted by atomic mass is 10.2. The number of nitrogens with zero attached hydrogens (tertiary/aromatic N) is 4. The minimum atomic E-state index is -0.193. The first kappa shape index (κ1) is 16.6. The van der Waals surface area contributed by atoms with E-state index in [1.54, 1.807) is 0 Å². The molecule has 0 amide bonds. The van der Waals surface area contributed by atoms with Gasteiger partial charge in [0.15, 0.2) is 11.0 Å². The Labute approximate surface area is 150 Å². The van der Waals surface area contributed by atoms with Crippen LogP contribution < -0.4 is 0 Å². The third-order valence-electron chi connectivity index (χ3n) is 3.47. The predicted molar refractivity (Wildman–Crippen MR) is 96.9 cm³/mol. The molecule has 0 bridgehead atoms. The van der Waals surface area contributed by atoms with Crippen LogP contribution in [-0.4, -0.2) is 20.0 Å². The zero-order valence-electron chi connectivity index (χ0n) is 13.1. The Morgan fingerprint density at radius 3 is 2.50 bits per heavy atom. The van der Waals surface area contributed by atoms with Crippen molar-refractivity contribution in [3.05, 3.63) is 65.2 Å². The summed E-state index contributed by atoms with van der Waals surface area (Å²) in [6.45, 7) is 2.50. The lowest BCUT2D eigenvalue weighted by Crippen LogP contribution is -2.05. The van der Waals surface area contributed by atoms with Crippen LogP contribution in [0, 0.1) is 11.3 Å². The van der Waals surface area contributed by atoms with Gasteiger partial charge in [0.2, 0.25) is 0 Å². The standard InChI is InChI=1S/C18H15ClN4S/c1-13(11-20)24-18-22-21-17(15-7-9-16(19)10-8-15)23(18)12-14-5-3-2-4-6-14/h2-10,13H,12H2,1H3/t13-/m0/s1. The number of hydrogen-bond donors (Lipinski definition) is 0. The van der Waals surface area contributed by atoms with Gasteiger partial charge < -0.3 is 0 Å². The van der Waals surface area contributed by atoms with Crippen molar-refractivity contribution >= 4 is 23.4 Å². The van der Waals surface area contributed by atoms with Crippen LogP contribution in [0.1, 0.15) is 12.5 Å². The van der Waals surface area contributed by atoms with E-state index in [9.17, 15) is 0 Å². The molecule has 0 saturated carbocycles. The zero-order chi connectivity index (χ0) is 16.9. The molecule has 120 valence electrons. The van der Waals surface area contributed by atoms with E-state index in [-0.39, 0.29) is 5.25 Å². The number of rotatable bonds is 5. The van der Waals surface area contributed by atoms with Gasteiger partial charge in [-0.25, -0.2) is 0 Å². The summed E-state index contributed by atoms with van der Waals surface area (Å²) in [6, 6.07) is 19.9. The van der Waals surface area contributed by atoms with E-state index in [4.69, 9.17) is 16.9 Å². The highest BCUT2D eigenvalue weighted by Gasteiger charge is 2.17. The van der Waals surface area contributed by atoms with Gasteiger partial charge >= 0.3 is 0 Å². The van der Waals surface area contributed by atoms with Crippen LogP contribution in [0.5, 0.6) is 0 Å². The predicted octanol–water partition coefficient (Wildman–Crippen LogP) is 4.65.